The molecule has 2 heterocycles. The summed E-state index contributed by atoms with van der Waals surface area (Å²) in [5, 5.41) is 0. The van der Waals surface area contributed by atoms with Crippen molar-refractivity contribution >= 4 is 27.3 Å². The Hall–Kier alpha value is -2.65. The van der Waals surface area contributed by atoms with E-state index in [1.807, 2.05) is 37.5 Å². The third kappa shape index (κ3) is 6.07. The fourth-order valence-corrected chi connectivity index (χ4v) is 6.90. The zero-order valence-corrected chi connectivity index (χ0v) is 22.2. The number of sulfone groups is 1. The highest BCUT2D eigenvalue weighted by Gasteiger charge is 2.26. The highest BCUT2D eigenvalue weighted by Crippen LogP contribution is 2.38. The van der Waals surface area contributed by atoms with Crippen molar-refractivity contribution in [1.82, 2.24) is 9.55 Å². The Bertz CT molecular complexity index is 1280. The molecule has 9 heteroatoms. The van der Waals surface area contributed by atoms with E-state index in [1.165, 1.54) is 11.3 Å². The van der Waals surface area contributed by atoms with Gasteiger partial charge in [-0.3, -0.25) is 0 Å². The van der Waals surface area contributed by atoms with Gasteiger partial charge in [0.25, 0.3) is 0 Å². The van der Waals surface area contributed by atoms with Gasteiger partial charge in [-0.15, -0.1) is 11.3 Å². The molecule has 2 aromatic heterocycles. The molecule has 1 aromatic carbocycles. The summed E-state index contributed by atoms with van der Waals surface area (Å²) in [5.74, 6) is 0.609. The number of thiophene rings is 1. The standard InChI is InChI=1S/C25H33N3O4S2/c1-16(2)11-19-13-21(22(33-19)34(30,31)15-32-24(26)29)20-8-7-18(12-17(20)3)14-28-10-9-27-23(28)25(4,5)6/h7-10,12-13,16H,11,14-15H2,1-6H3,(H2,26,29). The van der Waals surface area contributed by atoms with Crippen molar-refractivity contribution in [2.24, 2.45) is 11.7 Å². The third-order valence-electron chi connectivity index (χ3n) is 5.32. The monoisotopic (exact) mass is 503 g/mol. The van der Waals surface area contributed by atoms with Crippen molar-refractivity contribution in [3.63, 3.8) is 0 Å². The van der Waals surface area contributed by atoms with Crippen LogP contribution in [0.4, 0.5) is 4.79 Å². The topological polar surface area (TPSA) is 104 Å². The molecule has 1 amide bonds. The number of carbonyl (C=O) groups is 1. The number of benzene rings is 1. The number of aryl methyl sites for hydroxylation is 1. The van der Waals surface area contributed by atoms with Crippen LogP contribution in [0, 0.1) is 12.8 Å². The number of aromatic nitrogens is 2. The number of nitrogens with zero attached hydrogens (tertiary/aromatic N) is 2. The van der Waals surface area contributed by atoms with E-state index in [2.05, 4.69) is 55.0 Å². The van der Waals surface area contributed by atoms with Gasteiger partial charge in [-0.05, 0) is 42.0 Å². The number of imidazole rings is 1. The highest BCUT2D eigenvalue weighted by atomic mass is 32.2. The second-order valence-corrected chi connectivity index (χ2v) is 13.3. The molecule has 0 saturated carbocycles. The van der Waals surface area contributed by atoms with Crippen LogP contribution in [0.3, 0.4) is 0 Å². The average Bonchev–Trinajstić information content (AvgIpc) is 3.33. The number of nitrogens with two attached hydrogens (primary N) is 1. The molecule has 0 atom stereocenters. The van der Waals surface area contributed by atoms with Gasteiger partial charge >= 0.3 is 6.09 Å². The summed E-state index contributed by atoms with van der Waals surface area (Å²) in [4.78, 5) is 16.5. The molecular formula is C25H33N3O4S2. The maximum Gasteiger partial charge on any atom is 0.405 e. The maximum absolute atomic E-state index is 13.0. The largest absolute Gasteiger partial charge is 0.433 e. The lowest BCUT2D eigenvalue weighted by Crippen LogP contribution is -2.19. The molecule has 0 spiro atoms. The smallest absolute Gasteiger partial charge is 0.405 e. The molecule has 0 radical (unpaired) electrons. The summed E-state index contributed by atoms with van der Waals surface area (Å²) in [6, 6.07) is 8.01. The number of primary amides is 1. The van der Waals surface area contributed by atoms with Crippen molar-refractivity contribution in [2.45, 2.75) is 64.1 Å². The van der Waals surface area contributed by atoms with Crippen LogP contribution in [0.25, 0.3) is 11.1 Å². The van der Waals surface area contributed by atoms with Crippen LogP contribution in [-0.2, 0) is 33.0 Å². The predicted octanol–water partition coefficient (Wildman–Crippen LogP) is 5.29. The number of hydrogen-bond donors (Lipinski definition) is 1. The maximum atomic E-state index is 13.0. The number of ether oxygens (including phenoxy) is 1. The summed E-state index contributed by atoms with van der Waals surface area (Å²) in [6.07, 6.45) is 3.44. The molecule has 0 aliphatic rings. The quantitative estimate of drug-likeness (QED) is 0.450. The van der Waals surface area contributed by atoms with Gasteiger partial charge in [-0.25, -0.2) is 18.2 Å². The molecule has 0 bridgehead atoms. The van der Waals surface area contributed by atoms with E-state index in [1.54, 1.807) is 0 Å². The third-order valence-corrected chi connectivity index (χ3v) is 8.49. The van der Waals surface area contributed by atoms with Crippen molar-refractivity contribution in [3.05, 3.63) is 58.5 Å². The first-order chi connectivity index (χ1) is 15.8. The van der Waals surface area contributed by atoms with Gasteiger partial charge in [0.1, 0.15) is 10.0 Å². The van der Waals surface area contributed by atoms with Crippen molar-refractivity contribution in [3.8, 4) is 11.1 Å². The second-order valence-electron chi connectivity index (χ2n) is 9.99. The molecule has 3 aromatic rings. The number of carbonyl (C=O) groups excluding carboxylic acids is 1. The lowest BCUT2D eigenvalue weighted by molar-refractivity contribution is 0.174. The fraction of sp³-hybridized carbons (Fsp3) is 0.440. The van der Waals surface area contributed by atoms with E-state index >= 15 is 0 Å². The molecule has 0 fully saturated rings. The molecule has 7 nitrogen and oxygen atoms in total. The van der Waals surface area contributed by atoms with Crippen LogP contribution in [-0.4, -0.2) is 30.0 Å². The van der Waals surface area contributed by atoms with Crippen molar-refractivity contribution in [1.29, 1.82) is 0 Å². The van der Waals surface area contributed by atoms with E-state index < -0.39 is 21.9 Å². The summed E-state index contributed by atoms with van der Waals surface area (Å²) < 4.78 is 33.0. The van der Waals surface area contributed by atoms with Crippen molar-refractivity contribution < 1.29 is 17.9 Å². The van der Waals surface area contributed by atoms with Gasteiger partial charge in [0.05, 0.1) is 0 Å². The Kier molecular flexibility index (Phi) is 7.57. The lowest BCUT2D eigenvalue weighted by atomic mass is 9.95. The summed E-state index contributed by atoms with van der Waals surface area (Å²) in [6.45, 7) is 13.2. The van der Waals surface area contributed by atoms with Crippen LogP contribution in [0.2, 0.25) is 0 Å². The zero-order chi connectivity index (χ0) is 25.3. The first-order valence-corrected chi connectivity index (χ1v) is 13.6. The minimum absolute atomic E-state index is 0.0712. The van der Waals surface area contributed by atoms with Crippen LogP contribution >= 0.6 is 11.3 Å². The Labute approximate surface area is 205 Å². The van der Waals surface area contributed by atoms with Crippen molar-refractivity contribution in [2.75, 3.05) is 5.94 Å². The molecule has 34 heavy (non-hydrogen) atoms. The summed E-state index contributed by atoms with van der Waals surface area (Å²) >= 11 is 1.23. The van der Waals surface area contributed by atoms with Gasteiger partial charge in [0, 0.05) is 34.8 Å². The number of rotatable bonds is 8. The summed E-state index contributed by atoms with van der Waals surface area (Å²) in [7, 11) is -3.86. The van der Waals surface area contributed by atoms with Crippen LogP contribution in [0.1, 0.15) is 56.4 Å². The van der Waals surface area contributed by atoms with E-state index in [4.69, 9.17) is 5.73 Å². The van der Waals surface area contributed by atoms with Crippen LogP contribution < -0.4 is 5.73 Å². The summed E-state index contributed by atoms with van der Waals surface area (Å²) in [5.41, 5.74) is 8.48. The van der Waals surface area contributed by atoms with E-state index in [0.29, 0.717) is 18.0 Å². The Morgan fingerprint density at radius 2 is 1.91 bits per heavy atom. The van der Waals surface area contributed by atoms with E-state index in [-0.39, 0.29) is 9.62 Å². The molecule has 0 saturated heterocycles. The Morgan fingerprint density at radius 1 is 1.21 bits per heavy atom. The molecular weight excluding hydrogens is 470 g/mol. The van der Waals surface area contributed by atoms with Crippen LogP contribution in [0.15, 0.2) is 40.9 Å². The molecule has 0 unspecified atom stereocenters. The Balaban J connectivity index is 2.00. The molecule has 184 valence electrons. The molecule has 0 aliphatic heterocycles. The van der Waals surface area contributed by atoms with E-state index in [0.717, 1.165) is 33.8 Å². The first-order valence-electron chi connectivity index (χ1n) is 11.2. The van der Waals surface area contributed by atoms with Gasteiger partial charge in [0.2, 0.25) is 9.84 Å². The van der Waals surface area contributed by atoms with Crippen LogP contribution in [0.5, 0.6) is 0 Å². The number of hydrogen-bond acceptors (Lipinski definition) is 6. The second kappa shape index (κ2) is 9.92. The molecule has 0 aliphatic carbocycles. The van der Waals surface area contributed by atoms with E-state index in [9.17, 15) is 13.2 Å². The molecule has 2 N–H and O–H groups in total. The highest BCUT2D eigenvalue weighted by molar-refractivity contribution is 7.93. The fourth-order valence-electron chi connectivity index (χ4n) is 3.94. The predicted molar refractivity (Wildman–Crippen MR) is 136 cm³/mol. The number of amides is 1. The normalized spacial score (nSPS) is 12.3. The Morgan fingerprint density at radius 3 is 2.50 bits per heavy atom. The first kappa shape index (κ1) is 26.0. The van der Waals surface area contributed by atoms with Gasteiger partial charge in [0.15, 0.2) is 5.94 Å². The minimum Gasteiger partial charge on any atom is -0.433 e. The molecule has 3 rings (SSSR count). The van der Waals surface area contributed by atoms with Gasteiger partial charge in [-0.2, -0.15) is 0 Å². The van der Waals surface area contributed by atoms with Gasteiger partial charge in [-0.1, -0.05) is 52.8 Å². The van der Waals surface area contributed by atoms with Gasteiger partial charge < -0.3 is 15.0 Å². The lowest BCUT2D eigenvalue weighted by Gasteiger charge is -2.20. The SMILES string of the molecule is Cc1cc(Cn2ccnc2C(C)(C)C)ccc1-c1cc(CC(C)C)sc1S(=O)(=O)COC(N)=O. The minimum atomic E-state index is -3.86. The average molecular weight is 504 g/mol. The zero-order valence-electron chi connectivity index (χ0n) is 20.6.